The highest BCUT2D eigenvalue weighted by Crippen LogP contribution is 2.20. The number of halogens is 2. The van der Waals surface area contributed by atoms with Crippen LogP contribution in [0.1, 0.15) is 17.3 Å². The number of H-pyrrole nitrogens is 1. The van der Waals surface area contributed by atoms with Crippen molar-refractivity contribution in [3.8, 4) is 0 Å². The molecule has 1 heterocycles. The van der Waals surface area contributed by atoms with Crippen molar-refractivity contribution in [2.75, 3.05) is 5.32 Å². The first-order chi connectivity index (χ1) is 11.9. The first-order valence-corrected chi connectivity index (χ1v) is 7.81. The Hall–Kier alpha value is -2.93. The lowest BCUT2D eigenvalue weighted by Crippen LogP contribution is -2.36. The number of nitrogens with zero attached hydrogens (tertiary/aromatic N) is 1. The van der Waals surface area contributed by atoms with Crippen LogP contribution in [0.25, 0.3) is 11.0 Å². The molecule has 1 amide bonds. The van der Waals surface area contributed by atoms with Gasteiger partial charge in [-0.15, -0.1) is 0 Å². The maximum Gasteiger partial charge on any atom is 0.316 e. The molecule has 0 aliphatic heterocycles. The molecule has 2 aromatic carbocycles. The Morgan fingerprint density at radius 3 is 2.68 bits per heavy atom. The smallest absolute Gasteiger partial charge is 0.316 e. The van der Waals surface area contributed by atoms with Crippen LogP contribution in [0, 0.1) is 5.82 Å². The van der Waals surface area contributed by atoms with Gasteiger partial charge in [0.25, 0.3) is 5.91 Å². The summed E-state index contributed by atoms with van der Waals surface area (Å²) in [5.41, 5.74) is 0.100. The summed E-state index contributed by atoms with van der Waals surface area (Å²) in [5, 5.41) is 2.49. The zero-order valence-electron chi connectivity index (χ0n) is 13.1. The van der Waals surface area contributed by atoms with Crippen LogP contribution >= 0.6 is 11.6 Å². The topological polar surface area (TPSA) is 84.0 Å². The van der Waals surface area contributed by atoms with E-state index in [1.165, 1.54) is 28.8 Å². The van der Waals surface area contributed by atoms with Gasteiger partial charge in [0, 0.05) is 17.8 Å². The minimum Gasteiger partial charge on any atom is -0.322 e. The number of fused-ring (bicyclic) bond motifs is 1. The second kappa shape index (κ2) is 6.52. The SMILES string of the molecule is CCn1c(=O)c(=O)[nH]c2cc(C(=O)Nc3ccc(F)c(Cl)c3)ccc21. The monoisotopic (exact) mass is 361 g/mol. The summed E-state index contributed by atoms with van der Waals surface area (Å²) in [6, 6.07) is 8.43. The van der Waals surface area contributed by atoms with Gasteiger partial charge in [0.05, 0.1) is 16.1 Å². The molecule has 3 rings (SSSR count). The predicted molar refractivity (Wildman–Crippen MR) is 93.9 cm³/mol. The molecule has 0 aliphatic rings. The number of anilines is 1. The van der Waals surface area contributed by atoms with Gasteiger partial charge in [-0.2, -0.15) is 0 Å². The Kier molecular flexibility index (Phi) is 4.41. The van der Waals surface area contributed by atoms with Gasteiger partial charge in [-0.3, -0.25) is 14.4 Å². The summed E-state index contributed by atoms with van der Waals surface area (Å²) in [4.78, 5) is 38.4. The highest BCUT2D eigenvalue weighted by molar-refractivity contribution is 6.31. The molecular weight excluding hydrogens is 349 g/mol. The first-order valence-electron chi connectivity index (χ1n) is 7.44. The molecule has 3 aromatic rings. The summed E-state index contributed by atoms with van der Waals surface area (Å²) in [6.45, 7) is 2.08. The molecule has 0 saturated carbocycles. The van der Waals surface area contributed by atoms with Crippen LogP contribution in [0.2, 0.25) is 5.02 Å². The fraction of sp³-hybridized carbons (Fsp3) is 0.118. The van der Waals surface area contributed by atoms with Crippen LogP contribution in [-0.4, -0.2) is 15.5 Å². The number of amides is 1. The maximum absolute atomic E-state index is 13.2. The van der Waals surface area contributed by atoms with Gasteiger partial charge in [-0.1, -0.05) is 11.6 Å². The van der Waals surface area contributed by atoms with Crippen molar-refractivity contribution in [1.29, 1.82) is 0 Å². The van der Waals surface area contributed by atoms with Crippen molar-refractivity contribution in [3.05, 3.63) is 73.5 Å². The number of aromatic amines is 1. The summed E-state index contributed by atoms with van der Waals surface area (Å²) in [6.07, 6.45) is 0. The number of carbonyl (C=O) groups excluding carboxylic acids is 1. The summed E-state index contributed by atoms with van der Waals surface area (Å²) >= 11 is 5.69. The van der Waals surface area contributed by atoms with E-state index in [9.17, 15) is 18.8 Å². The molecule has 0 aliphatic carbocycles. The third-order valence-electron chi connectivity index (χ3n) is 3.73. The molecule has 0 spiro atoms. The number of nitrogens with one attached hydrogen (secondary N) is 2. The van der Waals surface area contributed by atoms with E-state index in [1.807, 2.05) is 0 Å². The summed E-state index contributed by atoms with van der Waals surface area (Å²) < 4.78 is 14.5. The van der Waals surface area contributed by atoms with E-state index in [1.54, 1.807) is 13.0 Å². The molecule has 8 heteroatoms. The third-order valence-corrected chi connectivity index (χ3v) is 4.02. The van der Waals surface area contributed by atoms with E-state index in [0.29, 0.717) is 23.3 Å². The highest BCUT2D eigenvalue weighted by atomic mass is 35.5. The Labute approximate surface area is 145 Å². The molecule has 25 heavy (non-hydrogen) atoms. The van der Waals surface area contributed by atoms with Gasteiger partial charge in [0.15, 0.2) is 0 Å². The van der Waals surface area contributed by atoms with E-state index < -0.39 is 22.8 Å². The average Bonchev–Trinajstić information content (AvgIpc) is 2.59. The number of hydrogen-bond donors (Lipinski definition) is 2. The second-order valence-electron chi connectivity index (χ2n) is 5.32. The molecule has 2 N–H and O–H groups in total. The average molecular weight is 362 g/mol. The van der Waals surface area contributed by atoms with Gasteiger partial charge in [-0.25, -0.2) is 4.39 Å². The van der Waals surface area contributed by atoms with Crippen molar-refractivity contribution < 1.29 is 9.18 Å². The Morgan fingerprint density at radius 2 is 2.00 bits per heavy atom. The minimum absolute atomic E-state index is 0.104. The molecule has 0 unspecified atom stereocenters. The fourth-order valence-corrected chi connectivity index (χ4v) is 2.69. The molecule has 0 atom stereocenters. The first kappa shape index (κ1) is 16.9. The highest BCUT2D eigenvalue weighted by Gasteiger charge is 2.11. The van der Waals surface area contributed by atoms with Crippen molar-refractivity contribution in [2.45, 2.75) is 13.5 Å². The molecule has 0 bridgehead atoms. The molecule has 0 fully saturated rings. The lowest BCUT2D eigenvalue weighted by Gasteiger charge is -2.09. The number of benzene rings is 2. The van der Waals surface area contributed by atoms with Crippen molar-refractivity contribution in [2.24, 2.45) is 0 Å². The number of aryl methyl sites for hydroxylation is 1. The van der Waals surface area contributed by atoms with Crippen LogP contribution in [0.15, 0.2) is 46.0 Å². The molecular formula is C17H13ClFN3O3. The van der Waals surface area contributed by atoms with Crippen LogP contribution in [0.3, 0.4) is 0 Å². The molecule has 1 aromatic heterocycles. The van der Waals surface area contributed by atoms with E-state index >= 15 is 0 Å². The van der Waals surface area contributed by atoms with Crippen molar-refractivity contribution in [1.82, 2.24) is 9.55 Å². The zero-order valence-corrected chi connectivity index (χ0v) is 13.9. The van der Waals surface area contributed by atoms with Crippen molar-refractivity contribution >= 4 is 34.2 Å². The minimum atomic E-state index is -0.753. The molecule has 0 saturated heterocycles. The molecule has 128 valence electrons. The van der Waals surface area contributed by atoms with Crippen LogP contribution in [-0.2, 0) is 6.54 Å². The van der Waals surface area contributed by atoms with Crippen molar-refractivity contribution in [3.63, 3.8) is 0 Å². The van der Waals surface area contributed by atoms with E-state index in [2.05, 4.69) is 10.3 Å². The summed E-state index contributed by atoms with van der Waals surface area (Å²) in [7, 11) is 0. The Bertz CT molecular complexity index is 1100. The summed E-state index contributed by atoms with van der Waals surface area (Å²) in [5.74, 6) is -1.04. The predicted octanol–water partition coefficient (Wildman–Crippen LogP) is 2.75. The molecule has 6 nitrogen and oxygen atoms in total. The lowest BCUT2D eigenvalue weighted by atomic mass is 10.1. The Balaban J connectivity index is 1.99. The zero-order chi connectivity index (χ0) is 18.1. The van der Waals surface area contributed by atoms with E-state index in [4.69, 9.17) is 11.6 Å². The number of hydrogen-bond acceptors (Lipinski definition) is 3. The third kappa shape index (κ3) is 3.18. The van der Waals surface area contributed by atoms with E-state index in [-0.39, 0.29) is 10.6 Å². The van der Waals surface area contributed by atoms with Gasteiger partial charge in [-0.05, 0) is 43.3 Å². The molecule has 0 radical (unpaired) electrons. The lowest BCUT2D eigenvalue weighted by molar-refractivity contribution is 0.102. The fourth-order valence-electron chi connectivity index (χ4n) is 2.51. The van der Waals surface area contributed by atoms with Crippen LogP contribution in [0.5, 0.6) is 0 Å². The van der Waals surface area contributed by atoms with Gasteiger partial charge < -0.3 is 14.9 Å². The maximum atomic E-state index is 13.2. The van der Waals surface area contributed by atoms with E-state index in [0.717, 1.165) is 6.07 Å². The quantitative estimate of drug-likeness (QED) is 0.703. The van der Waals surface area contributed by atoms with Gasteiger partial charge in [0.2, 0.25) is 0 Å². The number of carbonyl (C=O) groups is 1. The number of rotatable bonds is 3. The Morgan fingerprint density at radius 1 is 1.24 bits per heavy atom. The second-order valence-corrected chi connectivity index (χ2v) is 5.73. The van der Waals surface area contributed by atoms with Gasteiger partial charge in [0.1, 0.15) is 5.82 Å². The largest absolute Gasteiger partial charge is 0.322 e. The van der Waals surface area contributed by atoms with Crippen LogP contribution < -0.4 is 16.4 Å². The number of aromatic nitrogens is 2. The standard InChI is InChI=1S/C17H13ClFN3O3/c1-2-22-14-6-3-9(7-13(14)21-16(24)17(22)25)15(23)20-10-4-5-12(19)11(18)8-10/h3-8H,2H2,1H3,(H,20,23)(H,21,24). The van der Waals surface area contributed by atoms with Crippen LogP contribution in [0.4, 0.5) is 10.1 Å². The normalized spacial score (nSPS) is 10.8. The van der Waals surface area contributed by atoms with Gasteiger partial charge >= 0.3 is 11.1 Å².